The minimum absolute atomic E-state index is 0.117. The predicted molar refractivity (Wildman–Crippen MR) is 232 cm³/mol. The molecule has 0 radical (unpaired) electrons. The highest BCUT2D eigenvalue weighted by Crippen LogP contribution is 2.33. The summed E-state index contributed by atoms with van der Waals surface area (Å²) in [5.41, 5.74) is 12.0. The van der Waals surface area contributed by atoms with Crippen LogP contribution in [0.1, 0.15) is 40.5 Å². The number of carboxylic acid groups (broad SMARTS) is 1. The Morgan fingerprint density at radius 3 is 2.02 bits per heavy atom. The molecular formula is C37H27Br4ClN12O3. The third-order valence-electron chi connectivity index (χ3n) is 8.05. The number of pyridine rings is 4. The van der Waals surface area contributed by atoms with E-state index < -0.39 is 5.97 Å². The second-order valence-electron chi connectivity index (χ2n) is 11.9. The first kappa shape index (κ1) is 41.6. The van der Waals surface area contributed by atoms with Crippen molar-refractivity contribution in [2.24, 2.45) is 0 Å². The second kappa shape index (κ2) is 19.4. The number of anilines is 2. The SMILES string of the molecule is Brc1cnc2c(N[C@H]3CCCc4ccccc43)ncnc2c1.Clc1ncnc2cc(Br)cnc12.Nc1cc(Br)cnc1C(=O)O.O=c1[nH]cnc2cc(Br)cnc12. The molecular weight excluding hydrogens is 1020 g/mol. The van der Waals surface area contributed by atoms with Gasteiger partial charge in [-0.15, -0.1) is 0 Å². The van der Waals surface area contributed by atoms with Gasteiger partial charge in [0.1, 0.15) is 23.7 Å². The monoisotopic (exact) mass is 1040 g/mol. The van der Waals surface area contributed by atoms with Gasteiger partial charge in [0.25, 0.3) is 5.56 Å². The predicted octanol–water partition coefficient (Wildman–Crippen LogP) is 8.92. The van der Waals surface area contributed by atoms with Gasteiger partial charge in [-0.2, -0.15) is 0 Å². The summed E-state index contributed by atoms with van der Waals surface area (Å²) in [6, 6.07) is 16.0. The summed E-state index contributed by atoms with van der Waals surface area (Å²) in [7, 11) is 0. The van der Waals surface area contributed by atoms with Crippen LogP contribution in [0.4, 0.5) is 11.5 Å². The van der Waals surface area contributed by atoms with Gasteiger partial charge in [-0.3, -0.25) is 9.78 Å². The van der Waals surface area contributed by atoms with Crippen molar-refractivity contribution in [3.05, 3.63) is 143 Å². The quantitative estimate of drug-likeness (QED) is 0.121. The first-order chi connectivity index (χ1) is 27.5. The average Bonchev–Trinajstić information content (AvgIpc) is 3.19. The number of rotatable bonds is 3. The molecule has 0 bridgehead atoms. The Morgan fingerprint density at radius 2 is 1.33 bits per heavy atom. The average molecular weight is 1040 g/mol. The molecule has 9 rings (SSSR count). The standard InChI is InChI=1S/C17H15BrN4.C7H3BrClN3.C7H4BrN3O.C6H5BrN2O2/c18-12-8-15-16(19-9-12)17(21-10-20-15)22-14-7-3-5-11-4-1-2-6-13(11)14;8-4-1-5-6(10-2-4)7(9)12-3-11-5;8-4-1-5-6(9-2-4)7(12)11-3-10-5;7-3-1-4(8)5(6(10)11)9-2-3/h1-2,4,6,8-10,14H,3,5,7H2,(H,20,21,22);1-3H;1-3H,(H,10,11,12);1-2H,8H2,(H,10,11)/t14-;;;/m0.../s1. The minimum atomic E-state index is -1.12. The van der Waals surface area contributed by atoms with E-state index in [1.165, 1.54) is 42.5 Å². The number of nitrogens with two attached hydrogens (primary N) is 1. The van der Waals surface area contributed by atoms with Crippen LogP contribution in [0.5, 0.6) is 0 Å². The lowest BCUT2D eigenvalue weighted by Gasteiger charge is -2.26. The van der Waals surface area contributed by atoms with Crippen LogP contribution < -0.4 is 16.6 Å². The van der Waals surface area contributed by atoms with Crippen LogP contribution in [0.15, 0.2) is 115 Å². The smallest absolute Gasteiger partial charge is 0.356 e. The van der Waals surface area contributed by atoms with E-state index >= 15 is 0 Å². The lowest BCUT2D eigenvalue weighted by atomic mass is 9.88. The Morgan fingerprint density at radius 1 is 0.754 bits per heavy atom. The maximum absolute atomic E-state index is 11.1. The molecule has 0 spiro atoms. The molecule has 57 heavy (non-hydrogen) atoms. The number of aromatic amines is 1. The fraction of sp³-hybridized carbons (Fsp3) is 0.108. The summed E-state index contributed by atoms with van der Waals surface area (Å²) in [6.45, 7) is 0. The van der Waals surface area contributed by atoms with Crippen molar-refractivity contribution in [3.63, 3.8) is 0 Å². The van der Waals surface area contributed by atoms with Gasteiger partial charge in [0.15, 0.2) is 22.2 Å². The van der Waals surface area contributed by atoms with Crippen LogP contribution in [0.25, 0.3) is 33.1 Å². The maximum Gasteiger partial charge on any atom is 0.356 e. The summed E-state index contributed by atoms with van der Waals surface area (Å²) in [5, 5.41) is 12.5. The molecule has 1 aromatic carbocycles. The first-order valence-electron chi connectivity index (χ1n) is 16.6. The number of aromatic carboxylic acids is 1. The molecule has 0 amide bonds. The van der Waals surface area contributed by atoms with E-state index in [2.05, 4.69) is 143 Å². The number of halogens is 5. The molecule has 0 unspecified atom stereocenters. The number of nitrogens with zero attached hydrogens (tertiary/aromatic N) is 9. The molecule has 7 aromatic heterocycles. The Balaban J connectivity index is 0.000000136. The number of nitrogens with one attached hydrogen (secondary N) is 2. The number of nitrogen functional groups attached to an aromatic ring is 1. The highest BCUT2D eigenvalue weighted by Gasteiger charge is 2.21. The van der Waals surface area contributed by atoms with Crippen LogP contribution in [0, 0.1) is 0 Å². The molecule has 0 saturated carbocycles. The lowest BCUT2D eigenvalue weighted by Crippen LogP contribution is -2.18. The summed E-state index contributed by atoms with van der Waals surface area (Å²) in [4.78, 5) is 60.5. The summed E-state index contributed by atoms with van der Waals surface area (Å²) < 4.78 is 3.28. The second-order valence-corrected chi connectivity index (χ2v) is 15.9. The van der Waals surface area contributed by atoms with Crippen LogP contribution in [0.3, 0.4) is 0 Å². The first-order valence-corrected chi connectivity index (χ1v) is 20.2. The highest BCUT2D eigenvalue weighted by molar-refractivity contribution is 9.11. The summed E-state index contributed by atoms with van der Waals surface area (Å²) in [6.07, 6.45) is 14.2. The number of H-pyrrole nitrogens is 1. The van der Waals surface area contributed by atoms with E-state index in [4.69, 9.17) is 22.4 Å². The minimum Gasteiger partial charge on any atom is -0.476 e. The van der Waals surface area contributed by atoms with Crippen molar-refractivity contribution in [3.8, 4) is 0 Å². The van der Waals surface area contributed by atoms with Gasteiger partial charge in [-0.05, 0) is 118 Å². The number of hydrogen-bond acceptors (Lipinski definition) is 13. The Kier molecular flexibility index (Phi) is 14.1. The number of aryl methyl sites for hydroxylation is 1. The molecule has 0 saturated heterocycles. The van der Waals surface area contributed by atoms with E-state index in [1.807, 2.05) is 12.1 Å². The number of carboxylic acids is 1. The van der Waals surface area contributed by atoms with Crippen molar-refractivity contribution in [1.82, 2.24) is 49.8 Å². The van der Waals surface area contributed by atoms with Gasteiger partial charge in [0.05, 0.1) is 34.6 Å². The number of carbonyl (C=O) groups is 1. The van der Waals surface area contributed by atoms with Gasteiger partial charge in [0, 0.05) is 42.7 Å². The van der Waals surface area contributed by atoms with Gasteiger partial charge in [-0.1, -0.05) is 35.9 Å². The zero-order valence-electron chi connectivity index (χ0n) is 29.1. The van der Waals surface area contributed by atoms with Gasteiger partial charge < -0.3 is 21.1 Å². The third-order valence-corrected chi connectivity index (χ3v) is 10.1. The van der Waals surface area contributed by atoms with Gasteiger partial charge >= 0.3 is 5.97 Å². The number of fused-ring (bicyclic) bond motifs is 4. The largest absolute Gasteiger partial charge is 0.476 e. The Labute approximate surface area is 362 Å². The molecule has 15 nitrogen and oxygen atoms in total. The molecule has 1 atom stereocenters. The number of aromatic nitrogens is 10. The van der Waals surface area contributed by atoms with Crippen molar-refractivity contribution >= 4 is 126 Å². The fourth-order valence-electron chi connectivity index (χ4n) is 5.55. The molecule has 288 valence electrons. The maximum atomic E-state index is 11.1. The summed E-state index contributed by atoms with van der Waals surface area (Å²) >= 11 is 18.9. The van der Waals surface area contributed by atoms with Gasteiger partial charge in [0.2, 0.25) is 0 Å². The third kappa shape index (κ3) is 10.9. The summed E-state index contributed by atoms with van der Waals surface area (Å²) in [5.74, 6) is -0.311. The number of benzene rings is 1. The van der Waals surface area contributed by atoms with Crippen LogP contribution in [-0.2, 0) is 6.42 Å². The Hall–Kier alpha value is -5.08. The van der Waals surface area contributed by atoms with Crippen LogP contribution >= 0.6 is 75.3 Å². The molecule has 20 heteroatoms. The molecule has 5 N–H and O–H groups in total. The van der Waals surface area contributed by atoms with E-state index in [0.717, 1.165) is 48.6 Å². The number of hydrogen-bond donors (Lipinski definition) is 4. The van der Waals surface area contributed by atoms with Crippen LogP contribution in [0.2, 0.25) is 5.15 Å². The topological polar surface area (TPSA) is 224 Å². The zero-order valence-corrected chi connectivity index (χ0v) is 36.2. The molecule has 1 aliphatic rings. The van der Waals surface area contributed by atoms with Crippen molar-refractivity contribution in [1.29, 1.82) is 0 Å². The molecule has 7 heterocycles. The van der Waals surface area contributed by atoms with E-state index in [1.54, 1.807) is 31.0 Å². The van der Waals surface area contributed by atoms with Crippen LogP contribution in [-0.4, -0.2) is 60.9 Å². The van der Waals surface area contributed by atoms with Crippen molar-refractivity contribution in [2.75, 3.05) is 11.1 Å². The van der Waals surface area contributed by atoms with Gasteiger partial charge in [-0.25, -0.2) is 44.7 Å². The molecule has 0 fully saturated rings. The van der Waals surface area contributed by atoms with E-state index in [0.29, 0.717) is 26.2 Å². The molecule has 8 aromatic rings. The van der Waals surface area contributed by atoms with Crippen molar-refractivity contribution < 1.29 is 9.90 Å². The van der Waals surface area contributed by atoms with Crippen molar-refractivity contribution in [2.45, 2.75) is 25.3 Å². The highest BCUT2D eigenvalue weighted by atomic mass is 79.9. The van der Waals surface area contributed by atoms with E-state index in [-0.39, 0.29) is 23.0 Å². The molecule has 1 aliphatic carbocycles. The Bertz CT molecular complexity index is 2780. The normalized spacial score (nSPS) is 12.9. The lowest BCUT2D eigenvalue weighted by molar-refractivity contribution is 0.0691. The molecule has 0 aliphatic heterocycles. The zero-order chi connectivity index (χ0) is 40.5. The van der Waals surface area contributed by atoms with E-state index in [9.17, 15) is 9.59 Å². The fourth-order valence-corrected chi connectivity index (χ4v) is 7.04.